The summed E-state index contributed by atoms with van der Waals surface area (Å²) in [5.74, 6) is -1.20. The van der Waals surface area contributed by atoms with Crippen molar-refractivity contribution in [2.45, 2.75) is 23.4 Å². The minimum Gasteiger partial charge on any atom is -0.325 e. The lowest BCUT2D eigenvalue weighted by Crippen LogP contribution is -2.28. The van der Waals surface area contributed by atoms with Crippen molar-refractivity contribution in [3.63, 3.8) is 0 Å². The van der Waals surface area contributed by atoms with Crippen molar-refractivity contribution in [2.24, 2.45) is 0 Å². The van der Waals surface area contributed by atoms with Gasteiger partial charge in [-0.3, -0.25) is 4.79 Å². The largest absolute Gasteiger partial charge is 0.435 e. The Morgan fingerprint density at radius 1 is 0.865 bits per heavy atom. The van der Waals surface area contributed by atoms with E-state index in [0.29, 0.717) is 10.6 Å². The second kappa shape index (κ2) is 9.24. The normalized spacial score (nSPS) is 13.1. The number of aromatic nitrogens is 2. The molecule has 0 radical (unpaired) electrons. The molecule has 0 atom stereocenters. The highest BCUT2D eigenvalue weighted by molar-refractivity contribution is 7.90. The SMILES string of the molecule is CS(=O)(=O)c1ccc(-n2c(Nc3ccc(C(F)(F)F)cc3C(F)(F)F)nc(C(F)(F)F)c(Cl)c2=O)cc1. The van der Waals surface area contributed by atoms with Gasteiger partial charge in [0.05, 0.1) is 27.4 Å². The van der Waals surface area contributed by atoms with E-state index in [-0.39, 0.29) is 22.7 Å². The molecule has 0 saturated carbocycles. The van der Waals surface area contributed by atoms with Crippen LogP contribution in [0.3, 0.4) is 0 Å². The van der Waals surface area contributed by atoms with Gasteiger partial charge in [0.25, 0.3) is 5.56 Å². The maximum Gasteiger partial charge on any atom is 0.435 e. The maximum atomic E-state index is 13.6. The predicted molar refractivity (Wildman–Crippen MR) is 113 cm³/mol. The fourth-order valence-corrected chi connectivity index (χ4v) is 3.90. The van der Waals surface area contributed by atoms with Crippen molar-refractivity contribution in [1.29, 1.82) is 0 Å². The zero-order valence-electron chi connectivity index (χ0n) is 17.8. The number of sulfone groups is 1. The van der Waals surface area contributed by atoms with E-state index < -0.39 is 67.4 Å². The minimum absolute atomic E-state index is 0.238. The molecule has 200 valence electrons. The summed E-state index contributed by atoms with van der Waals surface area (Å²) >= 11 is 5.54. The van der Waals surface area contributed by atoms with Gasteiger partial charge in [0, 0.05) is 6.26 Å². The first-order chi connectivity index (χ1) is 16.7. The van der Waals surface area contributed by atoms with Crippen LogP contribution in [0.1, 0.15) is 16.8 Å². The second-order valence-corrected chi connectivity index (χ2v) is 9.78. The van der Waals surface area contributed by atoms with Crippen molar-refractivity contribution < 1.29 is 47.9 Å². The summed E-state index contributed by atoms with van der Waals surface area (Å²) in [6, 6.07) is 4.04. The molecule has 0 bridgehead atoms. The molecule has 0 aliphatic carbocycles. The van der Waals surface area contributed by atoms with Gasteiger partial charge in [0.2, 0.25) is 5.95 Å². The summed E-state index contributed by atoms with van der Waals surface area (Å²) in [7, 11) is -3.75. The van der Waals surface area contributed by atoms with Crippen LogP contribution >= 0.6 is 11.6 Å². The lowest BCUT2D eigenvalue weighted by molar-refractivity contribution is -0.143. The van der Waals surface area contributed by atoms with Gasteiger partial charge in [-0.05, 0) is 42.5 Å². The van der Waals surface area contributed by atoms with Crippen LogP contribution in [-0.4, -0.2) is 24.2 Å². The highest BCUT2D eigenvalue weighted by atomic mass is 35.5. The molecule has 3 rings (SSSR count). The number of nitrogens with zero attached hydrogens (tertiary/aromatic N) is 2. The van der Waals surface area contributed by atoms with Crippen molar-refractivity contribution in [1.82, 2.24) is 9.55 Å². The number of rotatable bonds is 4. The highest BCUT2D eigenvalue weighted by Crippen LogP contribution is 2.41. The van der Waals surface area contributed by atoms with Crippen molar-refractivity contribution in [3.8, 4) is 5.69 Å². The van der Waals surface area contributed by atoms with Crippen LogP contribution in [0.4, 0.5) is 51.1 Å². The Hall–Kier alpha value is -3.27. The topological polar surface area (TPSA) is 81.1 Å². The molecule has 0 unspecified atom stereocenters. The molecule has 0 spiro atoms. The van der Waals surface area contributed by atoms with E-state index in [2.05, 4.69) is 4.98 Å². The van der Waals surface area contributed by atoms with E-state index in [4.69, 9.17) is 11.6 Å². The van der Waals surface area contributed by atoms with Gasteiger partial charge in [-0.15, -0.1) is 0 Å². The molecule has 0 aliphatic rings. The first kappa shape index (κ1) is 28.3. The van der Waals surface area contributed by atoms with E-state index in [1.165, 1.54) is 0 Å². The van der Waals surface area contributed by atoms with Crippen LogP contribution < -0.4 is 10.9 Å². The molecule has 1 N–H and O–H groups in total. The van der Waals surface area contributed by atoms with Gasteiger partial charge >= 0.3 is 18.5 Å². The Morgan fingerprint density at radius 2 is 1.43 bits per heavy atom. The zero-order chi connectivity index (χ0) is 28.1. The number of nitrogens with one attached hydrogen (secondary N) is 1. The number of halogens is 10. The molecule has 1 heterocycles. The molecule has 6 nitrogen and oxygen atoms in total. The van der Waals surface area contributed by atoms with Gasteiger partial charge in [-0.25, -0.2) is 18.0 Å². The maximum absolute atomic E-state index is 13.6. The third-order valence-corrected chi connectivity index (χ3v) is 6.19. The van der Waals surface area contributed by atoms with Gasteiger partial charge in [-0.1, -0.05) is 11.6 Å². The number of anilines is 2. The molecule has 3 aromatic rings. The van der Waals surface area contributed by atoms with E-state index in [1.807, 2.05) is 5.32 Å². The molecule has 0 amide bonds. The summed E-state index contributed by atoms with van der Waals surface area (Å²) in [5.41, 5.74) is -8.74. The number of alkyl halides is 9. The number of benzene rings is 2. The third kappa shape index (κ3) is 6.01. The molecule has 2 aromatic carbocycles. The van der Waals surface area contributed by atoms with E-state index in [0.717, 1.165) is 30.5 Å². The number of hydrogen-bond acceptors (Lipinski definition) is 5. The Labute approximate surface area is 206 Å². The summed E-state index contributed by atoms with van der Waals surface area (Å²) in [5, 5.41) is 0.374. The van der Waals surface area contributed by atoms with Crippen LogP contribution in [-0.2, 0) is 28.4 Å². The van der Waals surface area contributed by atoms with Crippen LogP contribution in [0, 0.1) is 0 Å². The third-order valence-electron chi connectivity index (χ3n) is 4.72. The van der Waals surface area contributed by atoms with Gasteiger partial charge in [0.1, 0.15) is 5.02 Å². The molecule has 0 saturated heterocycles. The van der Waals surface area contributed by atoms with Crippen molar-refractivity contribution in [3.05, 3.63) is 74.7 Å². The monoisotopic (exact) mass is 579 g/mol. The summed E-state index contributed by atoms with van der Waals surface area (Å²) in [4.78, 5) is 15.6. The number of hydrogen-bond donors (Lipinski definition) is 1. The standard InChI is InChI=1S/C20H11ClF9N3O3S/c1-37(35,36)11-5-3-10(4-6-11)33-16(34)14(21)15(20(28,29)30)32-17(33)31-13-7-2-9(18(22,23)24)8-12(13)19(25,26)27/h2-8H,1H3,(H,31,32). The molecular formula is C20H11ClF9N3O3S. The zero-order valence-corrected chi connectivity index (χ0v) is 19.4. The molecule has 0 aliphatic heterocycles. The Bertz CT molecular complexity index is 1510. The fraction of sp³-hybridized carbons (Fsp3) is 0.200. The lowest BCUT2D eigenvalue weighted by Gasteiger charge is -2.20. The lowest BCUT2D eigenvalue weighted by atomic mass is 10.1. The molecular weight excluding hydrogens is 569 g/mol. The Kier molecular flexibility index (Phi) is 7.07. The smallest absolute Gasteiger partial charge is 0.325 e. The first-order valence-corrected chi connectivity index (χ1v) is 11.7. The van der Waals surface area contributed by atoms with Crippen molar-refractivity contribution in [2.75, 3.05) is 11.6 Å². The second-order valence-electron chi connectivity index (χ2n) is 7.38. The van der Waals surface area contributed by atoms with Crippen LogP contribution in [0.2, 0.25) is 5.02 Å². The Balaban J connectivity index is 2.31. The molecule has 17 heteroatoms. The fourth-order valence-electron chi connectivity index (χ4n) is 3.04. The minimum atomic E-state index is -5.41. The van der Waals surface area contributed by atoms with E-state index in [9.17, 15) is 52.7 Å². The van der Waals surface area contributed by atoms with Gasteiger partial charge in [-0.2, -0.15) is 39.5 Å². The van der Waals surface area contributed by atoms with E-state index >= 15 is 0 Å². The van der Waals surface area contributed by atoms with Gasteiger partial charge < -0.3 is 5.32 Å². The van der Waals surface area contributed by atoms with Crippen molar-refractivity contribution >= 4 is 33.1 Å². The van der Waals surface area contributed by atoms with Crippen LogP contribution in [0.25, 0.3) is 5.69 Å². The average Bonchev–Trinajstić information content (AvgIpc) is 2.73. The molecule has 1 aromatic heterocycles. The van der Waals surface area contributed by atoms with Crippen LogP contribution in [0.15, 0.2) is 52.2 Å². The molecule has 0 fully saturated rings. The summed E-state index contributed by atoms with van der Waals surface area (Å²) in [6.07, 6.45) is -15.1. The Morgan fingerprint density at radius 3 is 1.89 bits per heavy atom. The van der Waals surface area contributed by atoms with Gasteiger partial charge in [0.15, 0.2) is 15.5 Å². The highest BCUT2D eigenvalue weighted by Gasteiger charge is 2.40. The van der Waals surface area contributed by atoms with E-state index in [1.54, 1.807) is 0 Å². The molecule has 37 heavy (non-hydrogen) atoms. The van der Waals surface area contributed by atoms with Crippen LogP contribution in [0.5, 0.6) is 0 Å². The predicted octanol–water partition coefficient (Wildman–Crippen LogP) is 6.09. The first-order valence-electron chi connectivity index (χ1n) is 9.47. The summed E-state index contributed by atoms with van der Waals surface area (Å²) in [6.45, 7) is 0. The quantitative estimate of drug-likeness (QED) is 0.379. The average molecular weight is 580 g/mol. The summed E-state index contributed by atoms with van der Waals surface area (Å²) < 4.78 is 143.